The average Bonchev–Trinajstić information content (AvgIpc) is 3.58. The predicted octanol–water partition coefficient (Wildman–Crippen LogP) is 4.25. The van der Waals surface area contributed by atoms with Gasteiger partial charge < -0.3 is 14.4 Å². The molecule has 0 spiro atoms. The number of thiophene rings is 1. The van der Waals surface area contributed by atoms with Crippen molar-refractivity contribution >= 4 is 40.4 Å². The molecule has 1 saturated heterocycles. The molecule has 2 amide bonds. The lowest BCUT2D eigenvalue weighted by Crippen LogP contribution is -2.46. The van der Waals surface area contributed by atoms with Gasteiger partial charge in [0.25, 0.3) is 11.8 Å². The van der Waals surface area contributed by atoms with Crippen molar-refractivity contribution in [2.45, 2.75) is 13.1 Å². The van der Waals surface area contributed by atoms with Crippen LogP contribution in [0.3, 0.4) is 0 Å². The highest BCUT2D eigenvalue weighted by molar-refractivity contribution is 7.07. The fraction of sp³-hybridized carbons (Fsp3) is 0.280. The quantitative estimate of drug-likeness (QED) is 0.493. The number of benzene rings is 2. The Morgan fingerprint density at radius 2 is 1.74 bits per heavy atom. The number of hydrogen-bond acceptors (Lipinski definition) is 7. The molecule has 1 aromatic heterocycles. The molecule has 4 heterocycles. The highest BCUT2D eigenvalue weighted by atomic mass is 35.5. The Kier molecular flexibility index (Phi) is 5.44. The van der Waals surface area contributed by atoms with E-state index in [2.05, 4.69) is 9.80 Å². The lowest BCUT2D eigenvalue weighted by atomic mass is 10.1. The summed E-state index contributed by atoms with van der Waals surface area (Å²) in [4.78, 5) is 32.1. The van der Waals surface area contributed by atoms with Gasteiger partial charge in [0.2, 0.25) is 6.79 Å². The number of carbonyl (C=O) groups is 2. The van der Waals surface area contributed by atoms with E-state index >= 15 is 0 Å². The average molecular weight is 496 g/mol. The van der Waals surface area contributed by atoms with Crippen molar-refractivity contribution in [3.05, 3.63) is 74.4 Å². The van der Waals surface area contributed by atoms with Crippen LogP contribution in [0.2, 0.25) is 5.02 Å². The second kappa shape index (κ2) is 8.61. The molecular weight excluding hydrogens is 474 g/mol. The zero-order chi connectivity index (χ0) is 23.2. The molecular formula is C25H22ClN3O4S. The van der Waals surface area contributed by atoms with Crippen LogP contribution in [0.4, 0.5) is 5.69 Å². The first-order valence-corrected chi connectivity index (χ1v) is 12.5. The van der Waals surface area contributed by atoms with Crippen molar-refractivity contribution in [2.75, 3.05) is 37.9 Å². The smallest absolute Gasteiger partial charge is 0.263 e. The maximum atomic E-state index is 13.3. The molecule has 6 rings (SSSR count). The van der Waals surface area contributed by atoms with Gasteiger partial charge in [0.15, 0.2) is 11.5 Å². The van der Waals surface area contributed by atoms with Crippen molar-refractivity contribution < 1.29 is 19.1 Å². The van der Waals surface area contributed by atoms with Crippen LogP contribution in [0, 0.1) is 0 Å². The minimum absolute atomic E-state index is 0.212. The molecule has 3 aromatic rings. The Bertz CT molecular complexity index is 1270. The van der Waals surface area contributed by atoms with Gasteiger partial charge in [-0.05, 0) is 46.2 Å². The van der Waals surface area contributed by atoms with E-state index in [1.807, 2.05) is 41.1 Å². The Morgan fingerprint density at radius 3 is 2.50 bits per heavy atom. The number of piperazine rings is 1. The Balaban J connectivity index is 1.16. The van der Waals surface area contributed by atoms with Crippen molar-refractivity contribution in [1.29, 1.82) is 0 Å². The molecule has 0 saturated carbocycles. The summed E-state index contributed by atoms with van der Waals surface area (Å²) >= 11 is 8.02. The zero-order valence-electron chi connectivity index (χ0n) is 18.3. The number of fused-ring (bicyclic) bond motifs is 2. The van der Waals surface area contributed by atoms with Crippen LogP contribution in [-0.4, -0.2) is 54.6 Å². The van der Waals surface area contributed by atoms with Gasteiger partial charge >= 0.3 is 0 Å². The highest BCUT2D eigenvalue weighted by Crippen LogP contribution is 2.38. The van der Waals surface area contributed by atoms with Gasteiger partial charge in [-0.3, -0.25) is 19.4 Å². The van der Waals surface area contributed by atoms with Gasteiger partial charge in [-0.15, -0.1) is 0 Å². The Hall–Kier alpha value is -3.07. The number of rotatable bonds is 5. The minimum atomic E-state index is -0.218. The molecule has 0 radical (unpaired) electrons. The number of nitrogens with zero attached hydrogens (tertiary/aromatic N) is 3. The van der Waals surface area contributed by atoms with E-state index in [-0.39, 0.29) is 18.6 Å². The molecule has 174 valence electrons. The van der Waals surface area contributed by atoms with E-state index in [1.54, 1.807) is 17.4 Å². The Labute approximate surface area is 206 Å². The molecule has 9 heteroatoms. The van der Waals surface area contributed by atoms with E-state index in [0.717, 1.165) is 48.7 Å². The summed E-state index contributed by atoms with van der Waals surface area (Å²) in [6, 6.07) is 11.3. The molecule has 0 aliphatic carbocycles. The first kappa shape index (κ1) is 21.5. The van der Waals surface area contributed by atoms with Gasteiger partial charge in [-0.25, -0.2) is 0 Å². The first-order chi connectivity index (χ1) is 16.6. The van der Waals surface area contributed by atoms with Crippen LogP contribution >= 0.6 is 22.9 Å². The van der Waals surface area contributed by atoms with Gasteiger partial charge in [0, 0.05) is 43.8 Å². The molecule has 3 aliphatic heterocycles. The van der Waals surface area contributed by atoms with Crippen molar-refractivity contribution in [3.8, 4) is 11.5 Å². The first-order valence-electron chi connectivity index (χ1n) is 11.1. The summed E-state index contributed by atoms with van der Waals surface area (Å²) in [5, 5.41) is 4.59. The van der Waals surface area contributed by atoms with Crippen LogP contribution in [0.5, 0.6) is 11.5 Å². The monoisotopic (exact) mass is 495 g/mol. The van der Waals surface area contributed by atoms with Crippen molar-refractivity contribution in [3.63, 3.8) is 0 Å². The fourth-order valence-corrected chi connectivity index (χ4v) is 5.63. The van der Waals surface area contributed by atoms with Crippen molar-refractivity contribution in [2.24, 2.45) is 0 Å². The van der Waals surface area contributed by atoms with E-state index in [9.17, 15) is 9.59 Å². The number of ether oxygens (including phenoxy) is 2. The molecule has 34 heavy (non-hydrogen) atoms. The standard InChI is InChI=1S/C25H22ClN3O4S/c26-19-11-22-21(32-15-33-22)10-17(19)13-27-5-7-28(8-6-27)20-3-1-2-18-23(20)25(31)29(24(18)30)12-16-4-9-34-14-16/h1-4,9-11,14H,5-8,12-13,15H2. The number of carbonyl (C=O) groups excluding carboxylic acids is 2. The zero-order valence-corrected chi connectivity index (χ0v) is 19.9. The van der Waals surface area contributed by atoms with E-state index in [4.69, 9.17) is 21.1 Å². The van der Waals surface area contributed by atoms with E-state index < -0.39 is 0 Å². The normalized spacial score (nSPS) is 17.6. The molecule has 0 atom stereocenters. The van der Waals surface area contributed by atoms with Crippen LogP contribution in [0.25, 0.3) is 0 Å². The summed E-state index contributed by atoms with van der Waals surface area (Å²) in [5.74, 6) is 0.984. The largest absolute Gasteiger partial charge is 0.454 e. The Morgan fingerprint density at radius 1 is 0.941 bits per heavy atom. The second-order valence-electron chi connectivity index (χ2n) is 8.59. The molecule has 2 aromatic carbocycles. The molecule has 3 aliphatic rings. The minimum Gasteiger partial charge on any atom is -0.454 e. The maximum absolute atomic E-state index is 13.3. The molecule has 0 N–H and O–H groups in total. The van der Waals surface area contributed by atoms with Crippen LogP contribution in [0.15, 0.2) is 47.2 Å². The third kappa shape index (κ3) is 3.72. The van der Waals surface area contributed by atoms with E-state index in [1.165, 1.54) is 4.90 Å². The van der Waals surface area contributed by atoms with Gasteiger partial charge in [-0.1, -0.05) is 17.7 Å². The fourth-order valence-electron chi connectivity index (χ4n) is 4.76. The van der Waals surface area contributed by atoms with Gasteiger partial charge in [-0.2, -0.15) is 11.3 Å². The van der Waals surface area contributed by atoms with Gasteiger partial charge in [0.1, 0.15) is 0 Å². The highest BCUT2D eigenvalue weighted by Gasteiger charge is 2.38. The molecule has 0 bridgehead atoms. The summed E-state index contributed by atoms with van der Waals surface area (Å²) in [6.07, 6.45) is 0. The molecule has 1 fully saturated rings. The third-order valence-corrected chi connectivity index (χ3v) is 7.63. The number of anilines is 1. The molecule has 7 nitrogen and oxygen atoms in total. The second-order valence-corrected chi connectivity index (χ2v) is 9.78. The number of imide groups is 1. The maximum Gasteiger partial charge on any atom is 0.263 e. The molecule has 0 unspecified atom stereocenters. The summed E-state index contributed by atoms with van der Waals surface area (Å²) in [7, 11) is 0. The SMILES string of the molecule is O=C1c2cccc(N3CCN(Cc4cc5c(cc4Cl)OCO5)CC3)c2C(=O)N1Cc1ccsc1. The van der Waals surface area contributed by atoms with Crippen LogP contribution < -0.4 is 14.4 Å². The van der Waals surface area contributed by atoms with E-state index in [0.29, 0.717) is 35.0 Å². The van der Waals surface area contributed by atoms with Gasteiger partial charge in [0.05, 0.1) is 23.4 Å². The van der Waals surface area contributed by atoms with Crippen LogP contribution in [-0.2, 0) is 13.1 Å². The van der Waals surface area contributed by atoms with Crippen molar-refractivity contribution in [1.82, 2.24) is 9.80 Å². The lowest BCUT2D eigenvalue weighted by molar-refractivity contribution is 0.0642. The number of halogens is 1. The number of amides is 2. The number of hydrogen-bond donors (Lipinski definition) is 0. The summed E-state index contributed by atoms with van der Waals surface area (Å²) in [6.45, 7) is 4.38. The summed E-state index contributed by atoms with van der Waals surface area (Å²) < 4.78 is 10.9. The van der Waals surface area contributed by atoms with Crippen LogP contribution in [0.1, 0.15) is 31.8 Å². The third-order valence-electron chi connectivity index (χ3n) is 6.55. The topological polar surface area (TPSA) is 62.3 Å². The summed E-state index contributed by atoms with van der Waals surface area (Å²) in [5.41, 5.74) is 3.83. The lowest BCUT2D eigenvalue weighted by Gasteiger charge is -2.36. The predicted molar refractivity (Wildman–Crippen MR) is 130 cm³/mol.